The van der Waals surface area contributed by atoms with E-state index < -0.39 is 5.92 Å². The van der Waals surface area contributed by atoms with E-state index in [0.29, 0.717) is 32.6 Å². The maximum atomic E-state index is 12.2. The molecule has 1 atom stereocenters. The van der Waals surface area contributed by atoms with Gasteiger partial charge in [0, 0.05) is 32.4 Å². The lowest BCUT2D eigenvalue weighted by Gasteiger charge is -2.36. The number of aromatic nitrogens is 3. The van der Waals surface area contributed by atoms with E-state index >= 15 is 0 Å². The van der Waals surface area contributed by atoms with E-state index in [1.54, 1.807) is 11.2 Å². The van der Waals surface area contributed by atoms with Gasteiger partial charge in [0.05, 0.1) is 11.5 Å². The van der Waals surface area contributed by atoms with Gasteiger partial charge in [-0.2, -0.15) is 5.26 Å². The van der Waals surface area contributed by atoms with E-state index in [4.69, 9.17) is 5.26 Å². The van der Waals surface area contributed by atoms with Crippen LogP contribution in [0.1, 0.15) is 13.3 Å². The minimum absolute atomic E-state index is 0.0564. The van der Waals surface area contributed by atoms with Gasteiger partial charge in [-0.3, -0.25) is 4.79 Å². The summed E-state index contributed by atoms with van der Waals surface area (Å²) in [5, 5.41) is 10.0. The molecule has 0 bridgehead atoms. The molecule has 0 aromatic carbocycles. The van der Waals surface area contributed by atoms with E-state index in [9.17, 15) is 4.79 Å². The Labute approximate surface area is 128 Å². The first-order valence-corrected chi connectivity index (χ1v) is 7.46. The van der Waals surface area contributed by atoms with Crippen LogP contribution >= 0.6 is 0 Å². The Bertz CT molecular complexity index is 710. The third-order valence-corrected chi connectivity index (χ3v) is 4.09. The molecular weight excluding hydrogens is 280 g/mol. The molecule has 2 aromatic rings. The SMILES string of the molecule is CCC(C#N)C(=O)N1CCN(c2ncnc3[nH]ccc23)CC1. The third kappa shape index (κ3) is 2.48. The van der Waals surface area contributed by atoms with Crippen LogP contribution in [0.5, 0.6) is 0 Å². The first-order chi connectivity index (χ1) is 10.7. The van der Waals surface area contributed by atoms with Crippen molar-refractivity contribution in [2.45, 2.75) is 13.3 Å². The van der Waals surface area contributed by atoms with Crippen molar-refractivity contribution in [3.05, 3.63) is 18.6 Å². The van der Waals surface area contributed by atoms with Crippen molar-refractivity contribution >= 4 is 22.8 Å². The molecule has 114 valence electrons. The number of nitriles is 1. The van der Waals surface area contributed by atoms with Gasteiger partial charge in [-0.1, -0.05) is 6.92 Å². The number of carbonyl (C=O) groups excluding carboxylic acids is 1. The zero-order valence-corrected chi connectivity index (χ0v) is 12.5. The molecule has 1 fully saturated rings. The zero-order chi connectivity index (χ0) is 15.5. The molecular formula is C15H18N6O. The summed E-state index contributed by atoms with van der Waals surface area (Å²) in [7, 11) is 0. The Morgan fingerprint density at radius 1 is 1.41 bits per heavy atom. The molecule has 3 rings (SSSR count). The standard InChI is InChI=1S/C15H18N6O/c1-2-11(9-16)15(22)21-7-5-20(6-8-21)14-12-3-4-17-13(12)18-10-19-14/h3-4,10-11H,2,5-8H2,1H3,(H,17,18,19). The fourth-order valence-electron chi connectivity index (χ4n) is 2.79. The van der Waals surface area contributed by atoms with Gasteiger partial charge in [-0.25, -0.2) is 9.97 Å². The van der Waals surface area contributed by atoms with Crippen molar-refractivity contribution < 1.29 is 4.79 Å². The molecule has 0 spiro atoms. The minimum Gasteiger partial charge on any atom is -0.352 e. The van der Waals surface area contributed by atoms with Crippen LogP contribution in [0.3, 0.4) is 0 Å². The van der Waals surface area contributed by atoms with Gasteiger partial charge >= 0.3 is 0 Å². The quantitative estimate of drug-likeness (QED) is 0.918. The summed E-state index contributed by atoms with van der Waals surface area (Å²) in [5.74, 6) is 0.312. The van der Waals surface area contributed by atoms with E-state index in [1.165, 1.54) is 0 Å². The van der Waals surface area contributed by atoms with E-state index in [0.717, 1.165) is 16.9 Å². The predicted molar refractivity (Wildman–Crippen MR) is 82.1 cm³/mol. The lowest BCUT2D eigenvalue weighted by Crippen LogP contribution is -2.50. The number of aromatic amines is 1. The third-order valence-electron chi connectivity index (χ3n) is 4.09. The first kappa shape index (κ1) is 14.3. The molecule has 0 radical (unpaired) electrons. The van der Waals surface area contributed by atoms with Crippen molar-refractivity contribution in [3.8, 4) is 6.07 Å². The molecule has 2 aromatic heterocycles. The van der Waals surface area contributed by atoms with Gasteiger partial charge in [0.15, 0.2) is 0 Å². The number of H-pyrrole nitrogens is 1. The summed E-state index contributed by atoms with van der Waals surface area (Å²) in [6.07, 6.45) is 3.96. The fraction of sp³-hybridized carbons (Fsp3) is 0.467. The highest BCUT2D eigenvalue weighted by Crippen LogP contribution is 2.23. The number of fused-ring (bicyclic) bond motifs is 1. The van der Waals surface area contributed by atoms with Gasteiger partial charge in [-0.15, -0.1) is 0 Å². The zero-order valence-electron chi connectivity index (χ0n) is 12.5. The smallest absolute Gasteiger partial charge is 0.240 e. The molecule has 1 saturated heterocycles. The Kier molecular flexibility index (Phi) is 3.92. The average Bonchev–Trinajstić information content (AvgIpc) is 3.04. The number of piperazine rings is 1. The van der Waals surface area contributed by atoms with Crippen molar-refractivity contribution in [2.75, 3.05) is 31.1 Å². The monoisotopic (exact) mass is 298 g/mol. The van der Waals surface area contributed by atoms with Gasteiger partial charge in [-0.05, 0) is 12.5 Å². The van der Waals surface area contributed by atoms with Crippen LogP contribution in [-0.2, 0) is 4.79 Å². The second kappa shape index (κ2) is 6.02. The van der Waals surface area contributed by atoms with Crippen molar-refractivity contribution in [3.63, 3.8) is 0 Å². The van der Waals surface area contributed by atoms with Crippen LogP contribution in [0, 0.1) is 17.2 Å². The van der Waals surface area contributed by atoms with E-state index in [2.05, 4.69) is 25.9 Å². The van der Waals surface area contributed by atoms with Gasteiger partial charge in [0.25, 0.3) is 0 Å². The van der Waals surface area contributed by atoms with Crippen LogP contribution in [0.4, 0.5) is 5.82 Å². The van der Waals surface area contributed by atoms with Gasteiger partial charge in [0.2, 0.25) is 5.91 Å². The maximum absolute atomic E-state index is 12.2. The first-order valence-electron chi connectivity index (χ1n) is 7.46. The van der Waals surface area contributed by atoms with Crippen molar-refractivity contribution in [1.82, 2.24) is 19.9 Å². The molecule has 1 unspecified atom stereocenters. The molecule has 22 heavy (non-hydrogen) atoms. The van der Waals surface area contributed by atoms with Gasteiger partial charge < -0.3 is 14.8 Å². The molecule has 3 heterocycles. The highest BCUT2D eigenvalue weighted by atomic mass is 16.2. The average molecular weight is 298 g/mol. The van der Waals surface area contributed by atoms with Crippen LogP contribution in [0.25, 0.3) is 11.0 Å². The number of hydrogen-bond donors (Lipinski definition) is 1. The van der Waals surface area contributed by atoms with Crippen LogP contribution in [0.2, 0.25) is 0 Å². The lowest BCUT2D eigenvalue weighted by atomic mass is 10.1. The Morgan fingerprint density at radius 3 is 2.86 bits per heavy atom. The molecule has 1 amide bonds. The van der Waals surface area contributed by atoms with Crippen LogP contribution < -0.4 is 4.90 Å². The Hall–Kier alpha value is -2.62. The van der Waals surface area contributed by atoms with Crippen LogP contribution in [-0.4, -0.2) is 51.9 Å². The summed E-state index contributed by atoms with van der Waals surface area (Å²) in [4.78, 5) is 27.8. The number of carbonyl (C=O) groups is 1. The fourth-order valence-corrected chi connectivity index (χ4v) is 2.79. The lowest BCUT2D eigenvalue weighted by molar-refractivity contribution is -0.134. The number of nitrogens with one attached hydrogen (secondary N) is 1. The molecule has 0 aliphatic carbocycles. The van der Waals surface area contributed by atoms with Crippen molar-refractivity contribution in [2.24, 2.45) is 5.92 Å². The highest BCUT2D eigenvalue weighted by Gasteiger charge is 2.27. The summed E-state index contributed by atoms with van der Waals surface area (Å²) in [5.41, 5.74) is 0.819. The number of amides is 1. The van der Waals surface area contributed by atoms with E-state index in [1.807, 2.05) is 19.2 Å². The number of rotatable bonds is 3. The normalized spacial score (nSPS) is 16.5. The number of hydrogen-bond acceptors (Lipinski definition) is 5. The number of nitrogens with zero attached hydrogens (tertiary/aromatic N) is 5. The minimum atomic E-state index is -0.526. The molecule has 7 heteroatoms. The van der Waals surface area contributed by atoms with E-state index in [-0.39, 0.29) is 5.91 Å². The summed E-state index contributed by atoms with van der Waals surface area (Å²) >= 11 is 0. The van der Waals surface area contributed by atoms with Crippen molar-refractivity contribution in [1.29, 1.82) is 5.26 Å². The number of anilines is 1. The molecule has 7 nitrogen and oxygen atoms in total. The van der Waals surface area contributed by atoms with Crippen LogP contribution in [0.15, 0.2) is 18.6 Å². The molecule has 1 aliphatic rings. The predicted octanol–water partition coefficient (Wildman–Crippen LogP) is 1.16. The summed E-state index contributed by atoms with van der Waals surface area (Å²) in [6.45, 7) is 4.53. The summed E-state index contributed by atoms with van der Waals surface area (Å²) < 4.78 is 0. The molecule has 0 saturated carbocycles. The second-order valence-electron chi connectivity index (χ2n) is 5.34. The molecule has 1 N–H and O–H groups in total. The summed E-state index contributed by atoms with van der Waals surface area (Å²) in [6, 6.07) is 4.05. The topological polar surface area (TPSA) is 88.9 Å². The van der Waals surface area contributed by atoms with Gasteiger partial charge in [0.1, 0.15) is 23.7 Å². The maximum Gasteiger partial charge on any atom is 0.240 e. The molecule has 1 aliphatic heterocycles. The largest absolute Gasteiger partial charge is 0.352 e. The Balaban J connectivity index is 1.71. The highest BCUT2D eigenvalue weighted by molar-refractivity contribution is 5.87. The Morgan fingerprint density at radius 2 is 2.18 bits per heavy atom. The second-order valence-corrected chi connectivity index (χ2v) is 5.34.